The molecule has 0 unspecified atom stereocenters. The van der Waals surface area contributed by atoms with Crippen molar-refractivity contribution in [2.75, 3.05) is 12.4 Å². The summed E-state index contributed by atoms with van der Waals surface area (Å²) in [7, 11) is 3.55. The fourth-order valence-electron chi connectivity index (χ4n) is 3.00. The molecule has 0 saturated heterocycles. The number of methoxy groups -OCH3 is 1. The van der Waals surface area contributed by atoms with Crippen LogP contribution in [0.5, 0.6) is 5.75 Å². The Morgan fingerprint density at radius 2 is 1.96 bits per heavy atom. The molecule has 2 aromatic carbocycles. The highest BCUT2D eigenvalue weighted by Gasteiger charge is 2.14. The van der Waals surface area contributed by atoms with Crippen molar-refractivity contribution in [3.8, 4) is 11.4 Å². The molecular formula is C20H18N4O2. The van der Waals surface area contributed by atoms with Crippen molar-refractivity contribution in [1.82, 2.24) is 14.3 Å². The third kappa shape index (κ3) is 2.82. The standard InChI is InChI=1S/C20H18N4O2/c1-23-13-18(17-8-3-4-9-19(17)23)20(25)22-14-11-21-24(12-14)15-6-5-7-16(10-15)26-2/h3-13H,1-2H3,(H,22,25). The molecule has 4 rings (SSSR count). The summed E-state index contributed by atoms with van der Waals surface area (Å²) < 4.78 is 8.88. The number of aryl methyl sites for hydroxylation is 1. The predicted octanol–water partition coefficient (Wildman–Crippen LogP) is 3.62. The van der Waals surface area contributed by atoms with E-state index in [4.69, 9.17) is 4.74 Å². The van der Waals surface area contributed by atoms with Crippen molar-refractivity contribution < 1.29 is 9.53 Å². The largest absolute Gasteiger partial charge is 0.497 e. The molecule has 130 valence electrons. The molecule has 0 saturated carbocycles. The number of hydrogen-bond donors (Lipinski definition) is 1. The van der Waals surface area contributed by atoms with Crippen LogP contribution in [0.3, 0.4) is 0 Å². The number of carbonyl (C=O) groups is 1. The molecule has 2 heterocycles. The molecular weight excluding hydrogens is 328 g/mol. The molecule has 0 fully saturated rings. The van der Waals surface area contributed by atoms with Gasteiger partial charge in [-0.2, -0.15) is 5.10 Å². The van der Waals surface area contributed by atoms with E-state index in [1.807, 2.05) is 66.3 Å². The number of fused-ring (bicyclic) bond motifs is 1. The minimum Gasteiger partial charge on any atom is -0.497 e. The second kappa shape index (κ2) is 6.40. The summed E-state index contributed by atoms with van der Waals surface area (Å²) in [6, 6.07) is 15.4. The SMILES string of the molecule is COc1cccc(-n2cc(NC(=O)c3cn(C)c4ccccc34)cn2)c1. The van der Waals surface area contributed by atoms with Crippen LogP contribution in [0.2, 0.25) is 0 Å². The van der Waals surface area contributed by atoms with Gasteiger partial charge in [0.1, 0.15) is 5.75 Å². The maximum Gasteiger partial charge on any atom is 0.257 e. The van der Waals surface area contributed by atoms with E-state index in [1.165, 1.54) is 0 Å². The van der Waals surface area contributed by atoms with Crippen LogP contribution in [-0.2, 0) is 7.05 Å². The number of carbonyl (C=O) groups excluding carboxylic acids is 1. The summed E-state index contributed by atoms with van der Waals surface area (Å²) in [5.41, 5.74) is 3.14. The zero-order chi connectivity index (χ0) is 18.1. The molecule has 26 heavy (non-hydrogen) atoms. The van der Waals surface area contributed by atoms with Gasteiger partial charge in [-0.15, -0.1) is 0 Å². The summed E-state index contributed by atoms with van der Waals surface area (Å²) in [6.07, 6.45) is 5.24. The Hall–Kier alpha value is -3.54. The quantitative estimate of drug-likeness (QED) is 0.614. The van der Waals surface area contributed by atoms with Crippen LogP contribution in [-0.4, -0.2) is 27.4 Å². The molecule has 6 heteroatoms. The van der Waals surface area contributed by atoms with Crippen LogP contribution in [0.15, 0.2) is 67.1 Å². The summed E-state index contributed by atoms with van der Waals surface area (Å²) in [6.45, 7) is 0. The van der Waals surface area contributed by atoms with Crippen molar-refractivity contribution in [2.45, 2.75) is 0 Å². The maximum atomic E-state index is 12.7. The van der Waals surface area contributed by atoms with Crippen LogP contribution in [0.4, 0.5) is 5.69 Å². The molecule has 0 atom stereocenters. The van der Waals surface area contributed by atoms with Crippen LogP contribution in [0.1, 0.15) is 10.4 Å². The molecule has 1 amide bonds. The van der Waals surface area contributed by atoms with E-state index >= 15 is 0 Å². The molecule has 4 aromatic rings. The fourth-order valence-corrected chi connectivity index (χ4v) is 3.00. The van der Waals surface area contributed by atoms with Gasteiger partial charge < -0.3 is 14.6 Å². The van der Waals surface area contributed by atoms with Crippen LogP contribution in [0.25, 0.3) is 16.6 Å². The van der Waals surface area contributed by atoms with Crippen LogP contribution in [0, 0.1) is 0 Å². The van der Waals surface area contributed by atoms with Crippen molar-refractivity contribution in [3.05, 3.63) is 72.7 Å². The average molecular weight is 346 g/mol. The zero-order valence-electron chi connectivity index (χ0n) is 14.5. The normalized spacial score (nSPS) is 10.8. The minimum atomic E-state index is -0.160. The number of amides is 1. The van der Waals surface area contributed by atoms with Gasteiger partial charge >= 0.3 is 0 Å². The number of benzene rings is 2. The van der Waals surface area contributed by atoms with Crippen LogP contribution >= 0.6 is 0 Å². The van der Waals surface area contributed by atoms with E-state index in [9.17, 15) is 4.79 Å². The van der Waals surface area contributed by atoms with Gasteiger partial charge in [0.05, 0.1) is 36.4 Å². The Morgan fingerprint density at radius 1 is 1.12 bits per heavy atom. The van der Waals surface area contributed by atoms with E-state index < -0.39 is 0 Å². The lowest BCUT2D eigenvalue weighted by Gasteiger charge is -2.04. The fraction of sp³-hybridized carbons (Fsp3) is 0.100. The molecule has 1 N–H and O–H groups in total. The maximum absolute atomic E-state index is 12.7. The van der Waals surface area contributed by atoms with Crippen LogP contribution < -0.4 is 10.1 Å². The highest BCUT2D eigenvalue weighted by molar-refractivity contribution is 6.12. The third-order valence-electron chi connectivity index (χ3n) is 4.30. The van der Waals surface area contributed by atoms with E-state index in [1.54, 1.807) is 24.2 Å². The molecule has 2 aromatic heterocycles. The van der Waals surface area contributed by atoms with Gasteiger partial charge in [-0.3, -0.25) is 4.79 Å². The number of para-hydroxylation sites is 1. The number of rotatable bonds is 4. The molecule has 0 aliphatic heterocycles. The average Bonchev–Trinajstić information content (AvgIpc) is 3.27. The van der Waals surface area contributed by atoms with Gasteiger partial charge in [0.2, 0.25) is 0 Å². The van der Waals surface area contributed by atoms with E-state index in [0.29, 0.717) is 11.3 Å². The van der Waals surface area contributed by atoms with Gasteiger partial charge in [0.25, 0.3) is 5.91 Å². The van der Waals surface area contributed by atoms with Gasteiger partial charge in [0.15, 0.2) is 0 Å². The number of nitrogens with zero attached hydrogens (tertiary/aromatic N) is 3. The predicted molar refractivity (Wildman–Crippen MR) is 101 cm³/mol. The first-order valence-electron chi connectivity index (χ1n) is 8.20. The molecule has 0 spiro atoms. The summed E-state index contributed by atoms with van der Waals surface area (Å²) in [5, 5.41) is 8.16. The van der Waals surface area contributed by atoms with Gasteiger partial charge in [0, 0.05) is 30.2 Å². The topological polar surface area (TPSA) is 61.1 Å². The number of aromatic nitrogens is 3. The highest BCUT2D eigenvalue weighted by Crippen LogP contribution is 2.22. The number of ether oxygens (including phenoxy) is 1. The second-order valence-electron chi connectivity index (χ2n) is 6.00. The first-order valence-corrected chi connectivity index (χ1v) is 8.20. The summed E-state index contributed by atoms with van der Waals surface area (Å²) in [5.74, 6) is 0.589. The summed E-state index contributed by atoms with van der Waals surface area (Å²) in [4.78, 5) is 12.7. The Labute approximate surface area is 150 Å². The number of nitrogens with one attached hydrogen (secondary N) is 1. The zero-order valence-corrected chi connectivity index (χ0v) is 14.5. The first-order chi connectivity index (χ1) is 12.7. The number of anilines is 1. The molecule has 0 aliphatic rings. The number of hydrogen-bond acceptors (Lipinski definition) is 3. The van der Waals surface area contributed by atoms with Gasteiger partial charge in [-0.25, -0.2) is 4.68 Å². The monoisotopic (exact) mass is 346 g/mol. The molecule has 0 radical (unpaired) electrons. The Balaban J connectivity index is 1.59. The van der Waals surface area contributed by atoms with Crippen molar-refractivity contribution in [2.24, 2.45) is 7.05 Å². The van der Waals surface area contributed by atoms with Crippen molar-refractivity contribution >= 4 is 22.5 Å². The minimum absolute atomic E-state index is 0.160. The Kier molecular flexibility index (Phi) is 3.93. The van der Waals surface area contributed by atoms with E-state index in [-0.39, 0.29) is 5.91 Å². The van der Waals surface area contributed by atoms with E-state index in [0.717, 1.165) is 22.3 Å². The lowest BCUT2D eigenvalue weighted by Crippen LogP contribution is -2.10. The van der Waals surface area contributed by atoms with Gasteiger partial charge in [-0.05, 0) is 18.2 Å². The summed E-state index contributed by atoms with van der Waals surface area (Å²) >= 11 is 0. The van der Waals surface area contributed by atoms with Crippen molar-refractivity contribution in [3.63, 3.8) is 0 Å². The second-order valence-corrected chi connectivity index (χ2v) is 6.00. The van der Waals surface area contributed by atoms with Crippen molar-refractivity contribution in [1.29, 1.82) is 0 Å². The third-order valence-corrected chi connectivity index (χ3v) is 4.30. The lowest BCUT2D eigenvalue weighted by atomic mass is 10.1. The van der Waals surface area contributed by atoms with E-state index in [2.05, 4.69) is 10.4 Å². The smallest absolute Gasteiger partial charge is 0.257 e. The Bertz CT molecular complexity index is 1090. The first kappa shape index (κ1) is 16.0. The van der Waals surface area contributed by atoms with Gasteiger partial charge in [-0.1, -0.05) is 24.3 Å². The lowest BCUT2D eigenvalue weighted by molar-refractivity contribution is 0.102. The highest BCUT2D eigenvalue weighted by atomic mass is 16.5. The Morgan fingerprint density at radius 3 is 2.81 bits per heavy atom. The molecule has 6 nitrogen and oxygen atoms in total. The molecule has 0 aliphatic carbocycles. The molecule has 0 bridgehead atoms.